The highest BCUT2D eigenvalue weighted by molar-refractivity contribution is 7.91. The first kappa shape index (κ1) is 26.0. The number of aliphatic imine (C=N–C) groups is 1. The second kappa shape index (κ2) is 11.0. The molecule has 1 aromatic heterocycles. The molecule has 0 spiro atoms. The average Bonchev–Trinajstić information content (AvgIpc) is 3.03. The Morgan fingerprint density at radius 3 is 2.46 bits per heavy atom. The number of hydrogen-bond donors (Lipinski definition) is 3. The van der Waals surface area contributed by atoms with Crippen LogP contribution in [-0.4, -0.2) is 53.0 Å². The third-order valence-electron chi connectivity index (χ3n) is 7.74. The smallest absolute Gasteiger partial charge is 0.223 e. The van der Waals surface area contributed by atoms with E-state index in [1.54, 1.807) is 6.20 Å². The summed E-state index contributed by atoms with van der Waals surface area (Å²) >= 11 is 0. The van der Waals surface area contributed by atoms with Crippen LogP contribution in [0.4, 0.5) is 26.1 Å². The molecule has 1 saturated heterocycles. The molecule has 2 aliphatic heterocycles. The molecule has 2 fully saturated rings. The topological polar surface area (TPSA) is 117 Å². The van der Waals surface area contributed by atoms with Gasteiger partial charge in [-0.25, -0.2) is 32.2 Å². The lowest BCUT2D eigenvalue weighted by Gasteiger charge is -2.26. The van der Waals surface area contributed by atoms with Gasteiger partial charge in [-0.15, -0.1) is 0 Å². The number of rotatable bonds is 5. The number of nitrogens with one attached hydrogen (secondary N) is 2. The summed E-state index contributed by atoms with van der Waals surface area (Å²) < 4.78 is 52.8. The van der Waals surface area contributed by atoms with Gasteiger partial charge in [0, 0.05) is 12.0 Å². The molecule has 1 saturated carbocycles. The van der Waals surface area contributed by atoms with Crippen molar-refractivity contribution >= 4 is 33.0 Å². The minimum Gasteiger partial charge on any atom is -0.393 e. The van der Waals surface area contributed by atoms with E-state index in [9.17, 15) is 22.3 Å². The van der Waals surface area contributed by atoms with Crippen molar-refractivity contribution in [2.24, 2.45) is 16.8 Å². The molecule has 5 rings (SSSR count). The van der Waals surface area contributed by atoms with Crippen LogP contribution in [0.2, 0.25) is 0 Å². The number of sulfone groups is 1. The first-order chi connectivity index (χ1) is 17.8. The number of fused-ring (bicyclic) bond motifs is 1. The maximum Gasteiger partial charge on any atom is 0.223 e. The van der Waals surface area contributed by atoms with Crippen LogP contribution in [0.3, 0.4) is 0 Å². The van der Waals surface area contributed by atoms with E-state index in [1.807, 2.05) is 0 Å². The molecule has 1 atom stereocenters. The Morgan fingerprint density at radius 2 is 1.76 bits per heavy atom. The van der Waals surface area contributed by atoms with Crippen LogP contribution in [0, 0.1) is 23.5 Å². The summed E-state index contributed by atoms with van der Waals surface area (Å²) in [5.41, 5.74) is 1.10. The van der Waals surface area contributed by atoms with Gasteiger partial charge in [0.05, 0.1) is 35.2 Å². The van der Waals surface area contributed by atoms with E-state index in [0.29, 0.717) is 49.6 Å². The van der Waals surface area contributed by atoms with Crippen molar-refractivity contribution in [3.8, 4) is 0 Å². The van der Waals surface area contributed by atoms with Gasteiger partial charge >= 0.3 is 0 Å². The number of nitrogens with zero attached hydrogens (tertiary/aromatic N) is 3. The molecule has 0 amide bonds. The molecule has 0 radical (unpaired) electrons. The predicted molar refractivity (Wildman–Crippen MR) is 139 cm³/mol. The maximum atomic E-state index is 14.5. The summed E-state index contributed by atoms with van der Waals surface area (Å²) in [6, 6.07) is 3.87. The predicted octanol–water partition coefficient (Wildman–Crippen LogP) is 4.39. The van der Waals surface area contributed by atoms with Gasteiger partial charge in [0.15, 0.2) is 11.6 Å². The summed E-state index contributed by atoms with van der Waals surface area (Å²) in [4.78, 5) is 13.6. The molecule has 1 aliphatic carbocycles. The van der Waals surface area contributed by atoms with Gasteiger partial charge in [0.25, 0.3) is 0 Å². The Morgan fingerprint density at radius 1 is 1.05 bits per heavy atom. The number of hydrogen-bond acceptors (Lipinski definition) is 7. The Labute approximate surface area is 215 Å². The van der Waals surface area contributed by atoms with Crippen LogP contribution >= 0.6 is 0 Å². The zero-order valence-electron chi connectivity index (χ0n) is 20.7. The number of benzene rings is 1. The van der Waals surface area contributed by atoms with Crippen LogP contribution in [0.1, 0.15) is 57.1 Å². The van der Waals surface area contributed by atoms with Crippen LogP contribution < -0.4 is 10.6 Å². The van der Waals surface area contributed by atoms with Crippen molar-refractivity contribution < 1.29 is 22.3 Å². The monoisotopic (exact) mass is 533 g/mol. The molecule has 3 N–H and O–H groups in total. The molecule has 200 valence electrons. The van der Waals surface area contributed by atoms with Crippen molar-refractivity contribution in [1.29, 1.82) is 0 Å². The number of aliphatic hydroxyl groups is 1. The summed E-state index contributed by atoms with van der Waals surface area (Å²) in [6.45, 7) is 0. The summed E-state index contributed by atoms with van der Waals surface area (Å²) in [5.74, 6) is -0.119. The minimum absolute atomic E-state index is 0.143. The highest BCUT2D eigenvalue weighted by atomic mass is 32.2. The number of amidine groups is 1. The van der Waals surface area contributed by atoms with Crippen molar-refractivity contribution in [3.05, 3.63) is 41.7 Å². The molecule has 2 aromatic rings. The second-order valence-electron chi connectivity index (χ2n) is 10.5. The number of halogens is 2. The molecule has 1 aromatic carbocycles. The molecule has 8 nitrogen and oxygen atoms in total. The van der Waals surface area contributed by atoms with Crippen molar-refractivity contribution in [2.45, 2.75) is 69.9 Å². The van der Waals surface area contributed by atoms with Crippen LogP contribution in [-0.2, 0) is 16.3 Å². The number of anilines is 2. The van der Waals surface area contributed by atoms with Crippen LogP contribution in [0.5, 0.6) is 0 Å². The van der Waals surface area contributed by atoms with Gasteiger partial charge in [-0.3, -0.25) is 0 Å². The van der Waals surface area contributed by atoms with E-state index in [1.165, 1.54) is 18.2 Å². The highest BCUT2D eigenvalue weighted by Crippen LogP contribution is 2.34. The zero-order valence-corrected chi connectivity index (χ0v) is 21.5. The lowest BCUT2D eigenvalue weighted by molar-refractivity contribution is 0.126. The molecular formula is C26H33F2N5O3S. The van der Waals surface area contributed by atoms with E-state index in [-0.39, 0.29) is 41.2 Å². The molecular weight excluding hydrogens is 500 g/mol. The standard InChI is InChI=1S/C26H33F2N5O3S/c27-20-2-1-3-21(28)24(20)33-25-17(14-16-10-12-37(35,36)13-11-16)4-9-22-23(31-25)15-29-26(32-22)30-18-5-7-19(34)8-6-18/h1-3,15-19,34H,4-14H2,(H,31,33)(H,29,30,32). The van der Waals surface area contributed by atoms with Gasteiger partial charge in [-0.2, -0.15) is 0 Å². The Balaban J connectivity index is 1.39. The fourth-order valence-electron chi connectivity index (χ4n) is 5.51. The normalized spacial score (nSPS) is 27.2. The molecule has 3 heterocycles. The van der Waals surface area contributed by atoms with Crippen LogP contribution in [0.25, 0.3) is 0 Å². The first-order valence-corrected chi connectivity index (χ1v) is 14.9. The van der Waals surface area contributed by atoms with Gasteiger partial charge in [-0.05, 0) is 75.8 Å². The van der Waals surface area contributed by atoms with E-state index < -0.39 is 21.5 Å². The number of aliphatic hydroxyl groups excluding tert-OH is 1. The van der Waals surface area contributed by atoms with Crippen molar-refractivity contribution in [3.63, 3.8) is 0 Å². The molecule has 1 unspecified atom stereocenters. The van der Waals surface area contributed by atoms with Gasteiger partial charge in [-0.1, -0.05) is 6.07 Å². The zero-order chi connectivity index (χ0) is 26.0. The maximum absolute atomic E-state index is 14.5. The fourth-order valence-corrected chi connectivity index (χ4v) is 7.10. The Bertz CT molecular complexity index is 1230. The van der Waals surface area contributed by atoms with E-state index >= 15 is 0 Å². The average molecular weight is 534 g/mol. The molecule has 11 heteroatoms. The van der Waals surface area contributed by atoms with Gasteiger partial charge in [0.1, 0.15) is 21.4 Å². The van der Waals surface area contributed by atoms with E-state index in [0.717, 1.165) is 31.4 Å². The third-order valence-corrected chi connectivity index (χ3v) is 9.45. The summed E-state index contributed by atoms with van der Waals surface area (Å²) in [5, 5.41) is 16.4. The number of aromatic nitrogens is 2. The first-order valence-electron chi connectivity index (χ1n) is 13.1. The van der Waals surface area contributed by atoms with E-state index in [2.05, 4.69) is 20.6 Å². The van der Waals surface area contributed by atoms with Crippen molar-refractivity contribution in [2.75, 3.05) is 22.1 Å². The van der Waals surface area contributed by atoms with Gasteiger partial charge < -0.3 is 15.7 Å². The fraction of sp³-hybridized carbons (Fsp3) is 0.577. The molecule has 37 heavy (non-hydrogen) atoms. The number of para-hydroxylation sites is 1. The lowest BCUT2D eigenvalue weighted by Crippen LogP contribution is -2.29. The van der Waals surface area contributed by atoms with Gasteiger partial charge in [0.2, 0.25) is 5.95 Å². The quantitative estimate of drug-likeness (QED) is 0.522. The summed E-state index contributed by atoms with van der Waals surface area (Å²) in [7, 11) is -2.99. The second-order valence-corrected chi connectivity index (χ2v) is 12.8. The Kier molecular flexibility index (Phi) is 7.71. The lowest BCUT2D eigenvalue weighted by atomic mass is 9.87. The molecule has 0 bridgehead atoms. The largest absolute Gasteiger partial charge is 0.393 e. The minimum atomic E-state index is -2.99. The van der Waals surface area contributed by atoms with Crippen molar-refractivity contribution in [1.82, 2.24) is 9.97 Å². The van der Waals surface area contributed by atoms with E-state index in [4.69, 9.17) is 4.98 Å². The highest BCUT2D eigenvalue weighted by Gasteiger charge is 2.31. The SMILES string of the molecule is O=S1(=O)CCC(CC2CCc3nc(NC4CCC(O)CC4)ncc3NC2=Nc2c(F)cccc2F)CC1. The summed E-state index contributed by atoms with van der Waals surface area (Å²) in [6.07, 6.45) is 7.75. The van der Waals surface area contributed by atoms with Crippen LogP contribution in [0.15, 0.2) is 29.4 Å². The third kappa shape index (κ3) is 6.43. The number of aryl methyl sites for hydroxylation is 1. The Hall–Kier alpha value is -2.66. The molecule has 3 aliphatic rings.